The highest BCUT2D eigenvalue weighted by atomic mass is 32.2. The number of nitrogens with one attached hydrogen (secondary N) is 1. The summed E-state index contributed by atoms with van der Waals surface area (Å²) in [6.07, 6.45) is 8.27. The maximum Gasteiger partial charge on any atom is 0.271 e. The number of rotatable bonds is 7. The molecule has 4 rings (SSSR count). The number of nitrogens with zero attached hydrogens (tertiary/aromatic N) is 3. The Balaban J connectivity index is 1.64. The minimum Gasteiger partial charge on any atom is -0.325 e. The fourth-order valence-corrected chi connectivity index (χ4v) is 5.69. The van der Waals surface area contributed by atoms with Gasteiger partial charge in [0.05, 0.1) is 10.6 Å². The summed E-state index contributed by atoms with van der Waals surface area (Å²) in [6.45, 7) is 1.90. The summed E-state index contributed by atoms with van der Waals surface area (Å²) < 4.78 is 28.3. The number of anilines is 1. The number of aromatic nitrogens is 3. The van der Waals surface area contributed by atoms with Gasteiger partial charge in [-0.15, -0.1) is 10.2 Å². The fourth-order valence-electron chi connectivity index (χ4n) is 3.25. The molecule has 0 saturated heterocycles. The number of hydrogen-bond donors (Lipinski definition) is 1. The van der Waals surface area contributed by atoms with Crippen LogP contribution in [0.1, 0.15) is 23.7 Å². The SMILES string of the molecule is Cc1ccc(S(=O)(=O)n2c(SCC(=O)Nc3ccccc3)nnc2C2C=CC=CC2)cc1. The Kier molecular flexibility index (Phi) is 6.57. The molecule has 0 fully saturated rings. The largest absolute Gasteiger partial charge is 0.325 e. The van der Waals surface area contributed by atoms with Crippen molar-refractivity contribution in [2.24, 2.45) is 0 Å². The summed E-state index contributed by atoms with van der Waals surface area (Å²) in [7, 11) is -3.95. The molecule has 7 nitrogen and oxygen atoms in total. The van der Waals surface area contributed by atoms with Gasteiger partial charge < -0.3 is 5.32 Å². The number of allylic oxidation sites excluding steroid dienone is 4. The molecule has 0 spiro atoms. The zero-order valence-electron chi connectivity index (χ0n) is 17.4. The lowest BCUT2D eigenvalue weighted by molar-refractivity contribution is -0.113. The number of hydrogen-bond acceptors (Lipinski definition) is 6. The summed E-state index contributed by atoms with van der Waals surface area (Å²) in [6, 6.07) is 15.7. The van der Waals surface area contributed by atoms with E-state index in [1.165, 1.54) is 3.97 Å². The van der Waals surface area contributed by atoms with Gasteiger partial charge in [-0.2, -0.15) is 3.97 Å². The molecule has 0 radical (unpaired) electrons. The molecule has 1 heterocycles. The van der Waals surface area contributed by atoms with Gasteiger partial charge in [-0.3, -0.25) is 4.79 Å². The molecule has 0 aliphatic heterocycles. The van der Waals surface area contributed by atoms with Crippen LogP contribution >= 0.6 is 11.8 Å². The van der Waals surface area contributed by atoms with Crippen molar-refractivity contribution in [1.82, 2.24) is 14.2 Å². The summed E-state index contributed by atoms with van der Waals surface area (Å²) in [5.74, 6) is -0.153. The number of carbonyl (C=O) groups is 1. The Labute approximate surface area is 191 Å². The van der Waals surface area contributed by atoms with Crippen LogP contribution in [-0.2, 0) is 14.8 Å². The van der Waals surface area contributed by atoms with Crippen LogP contribution in [0, 0.1) is 6.92 Å². The number of carbonyl (C=O) groups excluding carboxylic acids is 1. The van der Waals surface area contributed by atoms with E-state index in [1.807, 2.05) is 49.4 Å². The van der Waals surface area contributed by atoms with E-state index in [1.54, 1.807) is 36.4 Å². The second-order valence-corrected chi connectivity index (χ2v) is 10.0. The van der Waals surface area contributed by atoms with Crippen molar-refractivity contribution in [3.05, 3.63) is 90.3 Å². The lowest BCUT2D eigenvalue weighted by Gasteiger charge is -2.16. The predicted octanol–water partition coefficient (Wildman–Crippen LogP) is 4.15. The number of aryl methyl sites for hydroxylation is 1. The Morgan fingerprint density at radius 2 is 1.84 bits per heavy atom. The highest BCUT2D eigenvalue weighted by Crippen LogP contribution is 2.30. The van der Waals surface area contributed by atoms with Gasteiger partial charge in [0, 0.05) is 11.6 Å². The van der Waals surface area contributed by atoms with Crippen LogP contribution in [0.25, 0.3) is 0 Å². The molecular formula is C23H22N4O3S2. The van der Waals surface area contributed by atoms with Gasteiger partial charge in [0.25, 0.3) is 10.0 Å². The van der Waals surface area contributed by atoms with Gasteiger partial charge in [-0.05, 0) is 37.6 Å². The lowest BCUT2D eigenvalue weighted by atomic mass is 10.0. The monoisotopic (exact) mass is 466 g/mol. The summed E-state index contributed by atoms with van der Waals surface area (Å²) >= 11 is 1.04. The number of amides is 1. The fraction of sp³-hybridized carbons (Fsp3) is 0.174. The molecule has 1 unspecified atom stereocenters. The molecular weight excluding hydrogens is 444 g/mol. The van der Waals surface area contributed by atoms with E-state index in [9.17, 15) is 13.2 Å². The van der Waals surface area contributed by atoms with Crippen molar-refractivity contribution >= 4 is 33.4 Å². The third-order valence-electron chi connectivity index (χ3n) is 4.88. The first kappa shape index (κ1) is 22.0. The van der Waals surface area contributed by atoms with E-state index in [4.69, 9.17) is 0 Å². The molecule has 1 amide bonds. The quantitative estimate of drug-likeness (QED) is 0.526. The van der Waals surface area contributed by atoms with Gasteiger partial charge in [0.1, 0.15) is 0 Å². The van der Waals surface area contributed by atoms with Crippen molar-refractivity contribution < 1.29 is 13.2 Å². The zero-order chi connectivity index (χ0) is 22.6. The molecule has 0 saturated carbocycles. The van der Waals surface area contributed by atoms with Crippen LogP contribution in [0.3, 0.4) is 0 Å². The Bertz CT molecular complexity index is 1260. The third kappa shape index (κ3) is 4.84. The molecule has 164 valence electrons. The van der Waals surface area contributed by atoms with Gasteiger partial charge in [-0.1, -0.05) is 72.0 Å². The average molecular weight is 467 g/mol. The number of para-hydroxylation sites is 1. The Morgan fingerprint density at radius 1 is 1.09 bits per heavy atom. The van der Waals surface area contributed by atoms with Crippen molar-refractivity contribution in [2.75, 3.05) is 11.1 Å². The minimum absolute atomic E-state index is 0.00312. The molecule has 0 bridgehead atoms. The Hall–Kier alpha value is -3.17. The zero-order valence-corrected chi connectivity index (χ0v) is 19.0. The van der Waals surface area contributed by atoms with E-state index in [0.717, 1.165) is 17.3 Å². The molecule has 3 aromatic rings. The normalized spacial score (nSPS) is 15.6. The summed E-state index contributed by atoms with van der Waals surface area (Å²) in [5, 5.41) is 11.3. The molecule has 2 aromatic carbocycles. The maximum atomic E-state index is 13.6. The van der Waals surface area contributed by atoms with E-state index < -0.39 is 10.0 Å². The van der Waals surface area contributed by atoms with E-state index in [0.29, 0.717) is 17.9 Å². The molecule has 1 aliphatic carbocycles. The average Bonchev–Trinajstić information content (AvgIpc) is 3.24. The molecule has 1 atom stereocenters. The van der Waals surface area contributed by atoms with Crippen LogP contribution in [0.2, 0.25) is 0 Å². The lowest BCUT2D eigenvalue weighted by Crippen LogP contribution is -2.20. The van der Waals surface area contributed by atoms with Gasteiger partial charge >= 0.3 is 0 Å². The predicted molar refractivity (Wildman–Crippen MR) is 125 cm³/mol. The second kappa shape index (κ2) is 9.54. The molecule has 1 aliphatic rings. The minimum atomic E-state index is -3.95. The summed E-state index contributed by atoms with van der Waals surface area (Å²) in [5.41, 5.74) is 1.63. The van der Waals surface area contributed by atoms with E-state index in [2.05, 4.69) is 15.5 Å². The molecule has 1 aromatic heterocycles. The highest BCUT2D eigenvalue weighted by Gasteiger charge is 2.29. The van der Waals surface area contributed by atoms with E-state index >= 15 is 0 Å². The highest BCUT2D eigenvalue weighted by molar-refractivity contribution is 8.00. The first-order valence-electron chi connectivity index (χ1n) is 10.0. The standard InChI is InChI=1S/C23H22N4O3S2/c1-17-12-14-20(15-13-17)32(29,30)27-22(18-8-4-2-5-9-18)25-26-23(27)31-16-21(28)24-19-10-6-3-7-11-19/h2-8,10-15,18H,9,16H2,1H3,(H,24,28). The van der Waals surface area contributed by atoms with Crippen molar-refractivity contribution in [3.63, 3.8) is 0 Å². The van der Waals surface area contributed by atoms with Crippen LogP contribution in [-0.4, -0.2) is 34.2 Å². The number of benzene rings is 2. The van der Waals surface area contributed by atoms with Crippen LogP contribution < -0.4 is 5.32 Å². The summed E-state index contributed by atoms with van der Waals surface area (Å²) in [4.78, 5) is 12.6. The number of thioether (sulfide) groups is 1. The topological polar surface area (TPSA) is 94.0 Å². The van der Waals surface area contributed by atoms with Crippen molar-refractivity contribution in [3.8, 4) is 0 Å². The van der Waals surface area contributed by atoms with Gasteiger partial charge in [-0.25, -0.2) is 8.42 Å². The molecule has 1 N–H and O–H groups in total. The maximum absolute atomic E-state index is 13.6. The second-order valence-electron chi connectivity index (χ2n) is 7.28. The van der Waals surface area contributed by atoms with Crippen LogP contribution in [0.5, 0.6) is 0 Å². The first-order chi connectivity index (χ1) is 15.4. The third-order valence-corrected chi connectivity index (χ3v) is 7.63. The first-order valence-corrected chi connectivity index (χ1v) is 12.5. The smallest absolute Gasteiger partial charge is 0.271 e. The van der Waals surface area contributed by atoms with Gasteiger partial charge in [0.15, 0.2) is 5.82 Å². The van der Waals surface area contributed by atoms with Crippen molar-refractivity contribution in [1.29, 1.82) is 0 Å². The molecule has 9 heteroatoms. The van der Waals surface area contributed by atoms with Crippen molar-refractivity contribution in [2.45, 2.75) is 29.3 Å². The van der Waals surface area contributed by atoms with Crippen LogP contribution in [0.15, 0.2) is 89.0 Å². The molecule has 32 heavy (non-hydrogen) atoms. The van der Waals surface area contributed by atoms with Crippen LogP contribution in [0.4, 0.5) is 5.69 Å². The Morgan fingerprint density at radius 3 is 2.53 bits per heavy atom. The van der Waals surface area contributed by atoms with E-state index in [-0.39, 0.29) is 27.6 Å². The van der Waals surface area contributed by atoms with Gasteiger partial charge in [0.2, 0.25) is 11.1 Å².